The van der Waals surface area contributed by atoms with Crippen molar-refractivity contribution in [3.8, 4) is 11.5 Å². The molecular weight excluding hydrogens is 464 g/mol. The van der Waals surface area contributed by atoms with Gasteiger partial charge in [0.2, 0.25) is 0 Å². The normalized spacial score (nSPS) is 11.2. The molecule has 0 atom stereocenters. The van der Waals surface area contributed by atoms with Gasteiger partial charge in [-0.05, 0) is 58.1 Å². The van der Waals surface area contributed by atoms with E-state index in [2.05, 4.69) is 56.2 Å². The summed E-state index contributed by atoms with van der Waals surface area (Å²) in [7, 11) is 0. The van der Waals surface area contributed by atoms with E-state index in [1.54, 1.807) is 12.1 Å². The summed E-state index contributed by atoms with van der Waals surface area (Å²) in [4.78, 5) is 12.0. The van der Waals surface area contributed by atoms with Crippen molar-refractivity contribution in [3.63, 3.8) is 0 Å². The minimum absolute atomic E-state index is 0.0452. The molecule has 0 spiro atoms. The molecule has 2 aromatic carbocycles. The topological polar surface area (TPSA) is 70.9 Å². The lowest BCUT2D eigenvalue weighted by Crippen LogP contribution is -2.25. The zero-order valence-corrected chi connectivity index (χ0v) is 17.9. The number of amides is 1. The Kier molecular flexibility index (Phi) is 7.23. The van der Waals surface area contributed by atoms with E-state index >= 15 is 0 Å². The number of aryl methyl sites for hydroxylation is 1. The van der Waals surface area contributed by atoms with Crippen molar-refractivity contribution < 1.29 is 14.6 Å². The monoisotopic (exact) mass is 482 g/mol. The second-order valence-corrected chi connectivity index (χ2v) is 7.87. The van der Waals surface area contributed by atoms with E-state index in [0.717, 1.165) is 15.6 Å². The molecule has 0 aliphatic heterocycles. The highest BCUT2D eigenvalue weighted by atomic mass is 79.9. The van der Waals surface area contributed by atoms with Gasteiger partial charge in [0.15, 0.2) is 6.61 Å². The predicted octanol–water partition coefficient (Wildman–Crippen LogP) is 4.88. The van der Waals surface area contributed by atoms with E-state index < -0.39 is 0 Å². The van der Waals surface area contributed by atoms with Gasteiger partial charge in [-0.15, -0.1) is 0 Å². The van der Waals surface area contributed by atoms with Crippen molar-refractivity contribution in [2.75, 3.05) is 6.61 Å². The van der Waals surface area contributed by atoms with Crippen molar-refractivity contribution in [3.05, 3.63) is 56.0 Å². The number of ether oxygens (including phenoxy) is 1. The Labute approximate surface area is 169 Å². The highest BCUT2D eigenvalue weighted by Gasteiger charge is 2.10. The van der Waals surface area contributed by atoms with Crippen LogP contribution < -0.4 is 10.2 Å². The number of nitrogens with one attached hydrogen (secondary N) is 1. The molecule has 0 radical (unpaired) electrons. The highest BCUT2D eigenvalue weighted by molar-refractivity contribution is 9.11. The molecule has 2 rings (SSSR count). The second kappa shape index (κ2) is 9.19. The first kappa shape index (κ1) is 20.5. The summed E-state index contributed by atoms with van der Waals surface area (Å²) in [5.41, 5.74) is 4.98. The first-order valence-corrected chi connectivity index (χ1v) is 9.59. The fourth-order valence-electron chi connectivity index (χ4n) is 2.28. The summed E-state index contributed by atoms with van der Waals surface area (Å²) in [5.74, 6) is 0.659. The van der Waals surface area contributed by atoms with Gasteiger partial charge in [0.25, 0.3) is 5.91 Å². The Morgan fingerprint density at radius 2 is 2.04 bits per heavy atom. The summed E-state index contributed by atoms with van der Waals surface area (Å²) in [6.45, 7) is 5.98. The second-order valence-electron chi connectivity index (χ2n) is 6.10. The zero-order valence-electron chi connectivity index (χ0n) is 14.7. The van der Waals surface area contributed by atoms with Crippen LogP contribution in [0.1, 0.15) is 36.5 Å². The fourth-order valence-corrected chi connectivity index (χ4v) is 3.54. The number of halogens is 2. The largest absolute Gasteiger partial charge is 0.506 e. The van der Waals surface area contributed by atoms with Crippen LogP contribution in [-0.4, -0.2) is 23.8 Å². The van der Waals surface area contributed by atoms with Crippen LogP contribution in [0.4, 0.5) is 0 Å². The maximum absolute atomic E-state index is 12.0. The number of hydrazone groups is 1. The van der Waals surface area contributed by atoms with Crippen molar-refractivity contribution >= 4 is 44.0 Å². The maximum Gasteiger partial charge on any atom is 0.277 e. The van der Waals surface area contributed by atoms with Crippen molar-refractivity contribution in [1.82, 2.24) is 5.43 Å². The van der Waals surface area contributed by atoms with Crippen molar-refractivity contribution in [2.24, 2.45) is 5.10 Å². The number of phenolic OH excluding ortho intramolecular Hbond substituents is 1. The third-order valence-corrected chi connectivity index (χ3v) is 4.66. The Hall–Kier alpha value is -1.86. The summed E-state index contributed by atoms with van der Waals surface area (Å²) >= 11 is 6.58. The van der Waals surface area contributed by atoms with Gasteiger partial charge in [0, 0.05) is 10.0 Å². The van der Waals surface area contributed by atoms with Gasteiger partial charge in [-0.3, -0.25) is 4.79 Å². The minimum atomic E-state index is -0.383. The molecule has 0 saturated carbocycles. The molecule has 26 heavy (non-hydrogen) atoms. The number of phenols is 1. The lowest BCUT2D eigenvalue weighted by atomic mass is 10.0. The number of benzene rings is 2. The van der Waals surface area contributed by atoms with Gasteiger partial charge in [-0.1, -0.05) is 41.9 Å². The van der Waals surface area contributed by atoms with Gasteiger partial charge >= 0.3 is 0 Å². The average Bonchev–Trinajstić information content (AvgIpc) is 2.57. The first-order chi connectivity index (χ1) is 12.3. The predicted molar refractivity (Wildman–Crippen MR) is 110 cm³/mol. The lowest BCUT2D eigenvalue weighted by molar-refractivity contribution is -0.123. The number of hydrogen-bond acceptors (Lipinski definition) is 4. The smallest absolute Gasteiger partial charge is 0.277 e. The minimum Gasteiger partial charge on any atom is -0.506 e. The molecule has 0 heterocycles. The Bertz CT molecular complexity index is 836. The van der Waals surface area contributed by atoms with Crippen LogP contribution in [0.15, 0.2) is 44.4 Å². The molecule has 5 nitrogen and oxygen atoms in total. The van der Waals surface area contributed by atoms with Crippen molar-refractivity contribution in [2.45, 2.75) is 26.7 Å². The molecule has 0 bridgehead atoms. The zero-order chi connectivity index (χ0) is 19.3. The molecule has 0 unspecified atom stereocenters. The first-order valence-electron chi connectivity index (χ1n) is 8.01. The van der Waals surface area contributed by atoms with Crippen LogP contribution in [0.2, 0.25) is 0 Å². The van der Waals surface area contributed by atoms with Crippen LogP contribution in [0.25, 0.3) is 0 Å². The van der Waals surface area contributed by atoms with Crippen LogP contribution >= 0.6 is 31.9 Å². The SMILES string of the molecule is Cc1ccc(C(C)C)c(OCC(=O)NN=Cc2cc(Br)cc(Br)c2O)c1. The number of nitrogens with zero attached hydrogens (tertiary/aromatic N) is 1. The summed E-state index contributed by atoms with van der Waals surface area (Å²) in [6.07, 6.45) is 1.37. The van der Waals surface area contributed by atoms with Crippen LogP contribution in [0, 0.1) is 6.92 Å². The number of rotatable bonds is 6. The number of aromatic hydroxyl groups is 1. The maximum atomic E-state index is 12.0. The quantitative estimate of drug-likeness (QED) is 0.454. The third-order valence-electron chi connectivity index (χ3n) is 3.60. The Balaban J connectivity index is 1.97. The van der Waals surface area contributed by atoms with Gasteiger partial charge in [0.1, 0.15) is 11.5 Å². The van der Waals surface area contributed by atoms with E-state index in [1.807, 2.05) is 25.1 Å². The van der Waals surface area contributed by atoms with E-state index in [9.17, 15) is 9.90 Å². The van der Waals surface area contributed by atoms with E-state index in [0.29, 0.717) is 21.7 Å². The lowest BCUT2D eigenvalue weighted by Gasteiger charge is -2.14. The molecule has 138 valence electrons. The summed E-state index contributed by atoms with van der Waals surface area (Å²) in [6, 6.07) is 9.36. The molecule has 0 saturated heterocycles. The summed E-state index contributed by atoms with van der Waals surface area (Å²) in [5, 5.41) is 13.8. The molecule has 7 heteroatoms. The number of carbonyl (C=O) groups is 1. The average molecular weight is 484 g/mol. The molecule has 2 aromatic rings. The molecule has 1 amide bonds. The molecule has 0 aliphatic carbocycles. The van der Waals surface area contributed by atoms with Crippen LogP contribution in [-0.2, 0) is 4.79 Å². The Morgan fingerprint density at radius 1 is 1.31 bits per heavy atom. The van der Waals surface area contributed by atoms with Gasteiger partial charge in [-0.2, -0.15) is 5.10 Å². The van der Waals surface area contributed by atoms with Gasteiger partial charge in [-0.25, -0.2) is 5.43 Å². The molecular formula is C19H20Br2N2O3. The third kappa shape index (κ3) is 5.57. The van der Waals surface area contributed by atoms with E-state index in [-0.39, 0.29) is 18.3 Å². The van der Waals surface area contributed by atoms with Crippen LogP contribution in [0.5, 0.6) is 11.5 Å². The molecule has 0 aromatic heterocycles. The highest BCUT2D eigenvalue weighted by Crippen LogP contribution is 2.30. The summed E-state index contributed by atoms with van der Waals surface area (Å²) < 4.78 is 6.96. The fraction of sp³-hybridized carbons (Fsp3) is 0.263. The number of hydrogen-bond donors (Lipinski definition) is 2. The van der Waals surface area contributed by atoms with Gasteiger partial charge < -0.3 is 9.84 Å². The standard InChI is InChI=1S/C19H20Br2N2O3/c1-11(2)15-5-4-12(3)6-17(15)26-10-18(24)23-22-9-13-7-14(20)8-16(21)19(13)25/h4-9,11,25H,10H2,1-3H3,(H,23,24). The van der Waals surface area contributed by atoms with Gasteiger partial charge in [0.05, 0.1) is 10.7 Å². The van der Waals surface area contributed by atoms with Crippen molar-refractivity contribution in [1.29, 1.82) is 0 Å². The van der Waals surface area contributed by atoms with E-state index in [1.165, 1.54) is 6.21 Å². The number of carbonyl (C=O) groups excluding carboxylic acids is 1. The van der Waals surface area contributed by atoms with E-state index in [4.69, 9.17) is 4.74 Å². The van der Waals surface area contributed by atoms with Crippen LogP contribution in [0.3, 0.4) is 0 Å². The molecule has 2 N–H and O–H groups in total. The molecule has 0 aliphatic rings. The molecule has 0 fully saturated rings. The Morgan fingerprint density at radius 3 is 2.73 bits per heavy atom.